The number of hydrogen-bond acceptors (Lipinski definition) is 9. The number of thiophene rings is 1. The fraction of sp³-hybridized carbons (Fsp3) is 0.379. The average Bonchev–Trinajstić information content (AvgIpc) is 3.44. The van der Waals surface area contributed by atoms with E-state index in [0.29, 0.717) is 0 Å². The fourth-order valence-electron chi connectivity index (χ4n) is 4.87. The van der Waals surface area contributed by atoms with Crippen molar-refractivity contribution in [2.24, 2.45) is 0 Å². The van der Waals surface area contributed by atoms with Gasteiger partial charge in [-0.25, -0.2) is 0 Å². The number of nitrogens with zero attached hydrogens (tertiary/aromatic N) is 2. The molecule has 0 spiro atoms. The number of nitriles is 1. The van der Waals surface area contributed by atoms with Gasteiger partial charge in [0.1, 0.15) is 36.1 Å². The van der Waals surface area contributed by atoms with Crippen LogP contribution in [-0.4, -0.2) is 84.6 Å². The zero-order chi connectivity index (χ0) is 27.5. The second-order valence-electron chi connectivity index (χ2n) is 9.78. The molecule has 0 bridgehead atoms. The predicted octanol–water partition coefficient (Wildman–Crippen LogP) is 2.30. The van der Waals surface area contributed by atoms with Crippen molar-refractivity contribution in [2.45, 2.75) is 37.4 Å². The Hall–Kier alpha value is -3.30. The van der Waals surface area contributed by atoms with E-state index in [-0.39, 0.29) is 12.1 Å². The van der Waals surface area contributed by atoms with Crippen molar-refractivity contribution in [3.63, 3.8) is 0 Å². The Labute approximate surface area is 230 Å². The highest BCUT2D eigenvalue weighted by Crippen LogP contribution is 2.33. The summed E-state index contributed by atoms with van der Waals surface area (Å²) in [5.41, 5.74) is 2.15. The molecule has 5 rings (SSSR count). The van der Waals surface area contributed by atoms with Crippen LogP contribution in [0, 0.1) is 11.3 Å². The summed E-state index contributed by atoms with van der Waals surface area (Å²) in [5.74, 6) is -0.613. The van der Waals surface area contributed by atoms with E-state index in [4.69, 9.17) is 9.47 Å². The molecule has 2 aliphatic rings. The van der Waals surface area contributed by atoms with Gasteiger partial charge in [-0.2, -0.15) is 5.26 Å². The summed E-state index contributed by atoms with van der Waals surface area (Å²) in [4.78, 5) is 16.8. The number of morpholine rings is 1. The van der Waals surface area contributed by atoms with Crippen LogP contribution >= 0.6 is 11.3 Å². The van der Waals surface area contributed by atoms with Crippen LogP contribution in [0.4, 0.5) is 5.69 Å². The number of nitrogens with one attached hydrogen (secondary N) is 1. The minimum absolute atomic E-state index is 0.0866. The van der Waals surface area contributed by atoms with Crippen molar-refractivity contribution in [1.29, 1.82) is 5.26 Å². The Morgan fingerprint density at radius 3 is 2.59 bits per heavy atom. The van der Waals surface area contributed by atoms with Gasteiger partial charge in [-0.05, 0) is 59.7 Å². The van der Waals surface area contributed by atoms with Crippen molar-refractivity contribution in [2.75, 3.05) is 37.7 Å². The molecule has 0 aliphatic carbocycles. The van der Waals surface area contributed by atoms with Crippen LogP contribution < -0.4 is 10.2 Å². The van der Waals surface area contributed by atoms with Crippen LogP contribution in [0.5, 0.6) is 0 Å². The Morgan fingerprint density at radius 2 is 1.82 bits per heavy atom. The smallest absolute Gasteiger partial charge is 0.262 e. The molecule has 3 heterocycles. The van der Waals surface area contributed by atoms with Crippen LogP contribution in [0.1, 0.15) is 11.8 Å². The largest absolute Gasteiger partial charge is 0.388 e. The summed E-state index contributed by atoms with van der Waals surface area (Å²) >= 11 is 1.47. The quantitative estimate of drug-likeness (QED) is 0.272. The number of fused-ring (bicyclic) bond motifs is 1. The molecule has 5 atom stereocenters. The van der Waals surface area contributed by atoms with Gasteiger partial charge in [0.05, 0.1) is 19.3 Å². The zero-order valence-corrected chi connectivity index (χ0v) is 22.3. The normalized spacial score (nSPS) is 25.9. The molecule has 0 radical (unpaired) electrons. The number of ether oxygens (including phenoxy) is 2. The summed E-state index contributed by atoms with van der Waals surface area (Å²) in [6.07, 6.45) is -4.05. The Balaban J connectivity index is 1.26. The number of carbonyl (C=O) groups excluding carboxylic acids is 1. The highest BCUT2D eigenvalue weighted by Gasteiger charge is 2.41. The van der Waals surface area contributed by atoms with Gasteiger partial charge in [0.2, 0.25) is 0 Å². The van der Waals surface area contributed by atoms with E-state index >= 15 is 0 Å². The molecular weight excluding hydrogens is 518 g/mol. The minimum Gasteiger partial charge on any atom is -0.388 e. The molecule has 4 N–H and O–H groups in total. The highest BCUT2D eigenvalue weighted by molar-refractivity contribution is 7.16. The number of benzene rings is 2. The average molecular weight is 550 g/mol. The summed E-state index contributed by atoms with van der Waals surface area (Å²) in [5, 5.41) is 44.4. The van der Waals surface area contributed by atoms with E-state index in [2.05, 4.69) is 46.6 Å². The molecule has 1 aromatic heterocycles. The second kappa shape index (κ2) is 11.8. The van der Waals surface area contributed by atoms with Gasteiger partial charge in [0.15, 0.2) is 0 Å². The molecule has 204 valence electrons. The number of anilines is 1. The highest BCUT2D eigenvalue weighted by atomic mass is 32.1. The first-order valence-corrected chi connectivity index (χ1v) is 13.7. The van der Waals surface area contributed by atoms with Crippen LogP contribution in [0.15, 0.2) is 54.1 Å². The SMILES string of the molecule is CC1O[C@H](CNC(=O)/C(C#N)=C/c2ccc(-c3ccc4cc(N5CCOCC5)ccc4c3)s2)[C@@H](O)[C@H](O)[C@H]1O. The second-order valence-corrected chi connectivity index (χ2v) is 10.9. The number of carbonyl (C=O) groups is 1. The lowest BCUT2D eigenvalue weighted by Crippen LogP contribution is -2.59. The summed E-state index contributed by atoms with van der Waals surface area (Å²) in [7, 11) is 0. The molecule has 1 unspecified atom stereocenters. The van der Waals surface area contributed by atoms with Gasteiger partial charge in [-0.1, -0.05) is 18.2 Å². The van der Waals surface area contributed by atoms with E-state index in [9.17, 15) is 25.4 Å². The maximum absolute atomic E-state index is 12.7. The lowest BCUT2D eigenvalue weighted by Gasteiger charge is -2.39. The number of hydrogen-bond donors (Lipinski definition) is 4. The summed E-state index contributed by atoms with van der Waals surface area (Å²) < 4.78 is 11.0. The molecule has 10 heteroatoms. The Kier molecular flexibility index (Phi) is 8.28. The van der Waals surface area contributed by atoms with Crippen molar-refractivity contribution in [3.05, 3.63) is 59.0 Å². The summed E-state index contributed by atoms with van der Waals surface area (Å²) in [6.45, 7) is 4.72. The summed E-state index contributed by atoms with van der Waals surface area (Å²) in [6, 6.07) is 18.5. The van der Waals surface area contributed by atoms with Gasteiger partial charge in [-0.3, -0.25) is 4.79 Å². The van der Waals surface area contributed by atoms with Crippen molar-refractivity contribution in [1.82, 2.24) is 5.32 Å². The third kappa shape index (κ3) is 5.99. The van der Waals surface area contributed by atoms with E-state index in [1.165, 1.54) is 23.1 Å². The van der Waals surface area contributed by atoms with Crippen LogP contribution in [0.3, 0.4) is 0 Å². The molecule has 2 aliphatic heterocycles. The van der Waals surface area contributed by atoms with Crippen LogP contribution in [0.2, 0.25) is 0 Å². The number of aliphatic hydroxyl groups is 3. The van der Waals surface area contributed by atoms with Gasteiger partial charge >= 0.3 is 0 Å². The first-order chi connectivity index (χ1) is 18.8. The Morgan fingerprint density at radius 1 is 1.08 bits per heavy atom. The first-order valence-electron chi connectivity index (χ1n) is 12.9. The van der Waals surface area contributed by atoms with Gasteiger partial charge in [-0.15, -0.1) is 11.3 Å². The molecule has 2 saturated heterocycles. The maximum Gasteiger partial charge on any atom is 0.262 e. The number of aliphatic hydroxyl groups excluding tert-OH is 3. The van der Waals surface area contributed by atoms with E-state index in [0.717, 1.165) is 52.4 Å². The maximum atomic E-state index is 12.7. The van der Waals surface area contributed by atoms with Crippen LogP contribution in [0.25, 0.3) is 27.3 Å². The van der Waals surface area contributed by atoms with Gasteiger partial charge in [0, 0.05) is 35.1 Å². The van der Waals surface area contributed by atoms with Gasteiger partial charge in [0.25, 0.3) is 5.91 Å². The zero-order valence-electron chi connectivity index (χ0n) is 21.5. The van der Waals surface area contributed by atoms with Crippen LogP contribution in [-0.2, 0) is 14.3 Å². The molecule has 0 saturated carbocycles. The lowest BCUT2D eigenvalue weighted by atomic mass is 9.95. The fourth-order valence-corrected chi connectivity index (χ4v) is 5.82. The molecule has 39 heavy (non-hydrogen) atoms. The number of rotatable bonds is 6. The van der Waals surface area contributed by atoms with E-state index in [1.54, 1.807) is 6.92 Å². The standard InChI is InChI=1S/C29H31N3O6S/c1-17-26(33)28(35)27(34)24(38-17)16-31-29(36)21(15-30)14-23-6-7-25(39-23)20-3-2-19-13-22(5-4-18(19)12-20)32-8-10-37-11-9-32/h2-7,12-14,17,24,26-28,33-35H,8-11,16H2,1H3,(H,31,36)/b21-14+/t17?,24-,26+,27-,28-/m1/s1. The molecule has 2 aromatic carbocycles. The third-order valence-electron chi connectivity index (χ3n) is 7.18. The third-order valence-corrected chi connectivity index (χ3v) is 8.26. The lowest BCUT2D eigenvalue weighted by molar-refractivity contribution is -0.215. The minimum atomic E-state index is -1.38. The molecule has 3 aromatic rings. The van der Waals surface area contributed by atoms with Crippen molar-refractivity contribution in [3.8, 4) is 16.5 Å². The van der Waals surface area contributed by atoms with E-state index in [1.807, 2.05) is 18.2 Å². The molecule has 2 fully saturated rings. The topological polar surface area (TPSA) is 135 Å². The first kappa shape index (κ1) is 27.3. The molecule has 9 nitrogen and oxygen atoms in total. The van der Waals surface area contributed by atoms with Crippen molar-refractivity contribution >= 4 is 39.8 Å². The predicted molar refractivity (Wildman–Crippen MR) is 149 cm³/mol. The number of amides is 1. The Bertz CT molecular complexity index is 1410. The van der Waals surface area contributed by atoms with Gasteiger partial charge < -0.3 is 35.0 Å². The van der Waals surface area contributed by atoms with E-state index < -0.39 is 36.4 Å². The monoisotopic (exact) mass is 549 g/mol. The van der Waals surface area contributed by atoms with Crippen molar-refractivity contribution < 1.29 is 29.6 Å². The molecular formula is C29H31N3O6S. The molecule has 1 amide bonds.